The summed E-state index contributed by atoms with van der Waals surface area (Å²) in [5.74, 6) is -0.605. The first-order valence-corrected chi connectivity index (χ1v) is 5.99. The van der Waals surface area contributed by atoms with E-state index in [1.165, 1.54) is 0 Å². The van der Waals surface area contributed by atoms with Crippen LogP contribution in [0.15, 0.2) is 54.6 Å². The van der Waals surface area contributed by atoms with Crippen LogP contribution in [0.1, 0.15) is 10.4 Å². The number of hydrogen-bond acceptors (Lipinski definition) is 3. The Balaban J connectivity index is 2.18. The lowest BCUT2D eigenvalue weighted by molar-refractivity contribution is -0.135. The third-order valence-electron chi connectivity index (χ3n) is 2.50. The number of carboxylic acids is 1. The molecule has 0 spiro atoms. The molecule has 20 heavy (non-hydrogen) atoms. The topological polar surface area (TPSA) is 75.6 Å². The number of benzene rings is 2. The molecule has 0 aromatic heterocycles. The maximum atomic E-state index is 11.9. The molecule has 2 aromatic carbocycles. The van der Waals surface area contributed by atoms with Gasteiger partial charge in [0.15, 0.2) is 0 Å². The molecule has 0 saturated heterocycles. The van der Waals surface area contributed by atoms with Crippen LogP contribution in [-0.4, -0.2) is 23.5 Å². The largest absolute Gasteiger partial charge is 0.480 e. The van der Waals surface area contributed by atoms with Crippen molar-refractivity contribution < 1.29 is 19.4 Å². The van der Waals surface area contributed by atoms with E-state index in [9.17, 15) is 9.59 Å². The molecule has 2 rings (SSSR count). The van der Waals surface area contributed by atoms with Gasteiger partial charge in [0.05, 0.1) is 5.56 Å². The monoisotopic (exact) mass is 271 g/mol. The standard InChI is InChI=1S/C15H13NO4/c17-14(18)10-16-15(19)12-8-4-5-9-13(12)20-11-6-2-1-3-7-11/h1-9H,10H2,(H,16,19)(H,17,18). The quantitative estimate of drug-likeness (QED) is 0.874. The highest BCUT2D eigenvalue weighted by Gasteiger charge is 2.13. The van der Waals surface area contributed by atoms with Crippen molar-refractivity contribution in [1.82, 2.24) is 5.32 Å². The second-order valence-corrected chi connectivity index (χ2v) is 3.99. The second kappa shape index (κ2) is 6.38. The van der Waals surface area contributed by atoms with Gasteiger partial charge < -0.3 is 15.2 Å². The zero-order valence-electron chi connectivity index (χ0n) is 10.6. The lowest BCUT2D eigenvalue weighted by Gasteiger charge is -2.10. The number of rotatable bonds is 5. The summed E-state index contributed by atoms with van der Waals surface area (Å²) in [7, 11) is 0. The van der Waals surface area contributed by atoms with E-state index in [4.69, 9.17) is 9.84 Å². The minimum Gasteiger partial charge on any atom is -0.480 e. The molecule has 5 heteroatoms. The maximum absolute atomic E-state index is 11.9. The van der Waals surface area contributed by atoms with Crippen LogP contribution in [0.2, 0.25) is 0 Å². The number of ether oxygens (including phenoxy) is 1. The van der Waals surface area contributed by atoms with Crippen LogP contribution >= 0.6 is 0 Å². The number of para-hydroxylation sites is 2. The molecule has 0 radical (unpaired) electrons. The summed E-state index contributed by atoms with van der Waals surface area (Å²) in [4.78, 5) is 22.4. The van der Waals surface area contributed by atoms with E-state index in [1.54, 1.807) is 36.4 Å². The van der Waals surface area contributed by atoms with Crippen LogP contribution in [0.4, 0.5) is 0 Å². The smallest absolute Gasteiger partial charge is 0.322 e. The summed E-state index contributed by atoms with van der Waals surface area (Å²) < 4.78 is 5.63. The molecular formula is C15H13NO4. The Hall–Kier alpha value is -2.82. The van der Waals surface area contributed by atoms with E-state index in [0.29, 0.717) is 11.5 Å². The normalized spacial score (nSPS) is 9.80. The Morgan fingerprint density at radius 3 is 2.35 bits per heavy atom. The number of carboxylic acid groups (broad SMARTS) is 1. The molecule has 0 aliphatic carbocycles. The molecule has 0 aliphatic rings. The van der Waals surface area contributed by atoms with Gasteiger partial charge in [0, 0.05) is 0 Å². The fraction of sp³-hybridized carbons (Fsp3) is 0.0667. The van der Waals surface area contributed by atoms with Crippen molar-refractivity contribution in [2.45, 2.75) is 0 Å². The highest BCUT2D eigenvalue weighted by molar-refractivity contribution is 5.98. The Bertz CT molecular complexity index is 610. The number of nitrogens with one attached hydrogen (secondary N) is 1. The van der Waals surface area contributed by atoms with Gasteiger partial charge in [-0.05, 0) is 24.3 Å². The van der Waals surface area contributed by atoms with Crippen molar-refractivity contribution >= 4 is 11.9 Å². The first-order valence-electron chi connectivity index (χ1n) is 5.99. The van der Waals surface area contributed by atoms with E-state index in [1.807, 2.05) is 18.2 Å². The van der Waals surface area contributed by atoms with Crippen LogP contribution in [-0.2, 0) is 4.79 Å². The average molecular weight is 271 g/mol. The van der Waals surface area contributed by atoms with Crippen LogP contribution < -0.4 is 10.1 Å². The molecule has 0 saturated carbocycles. The molecule has 5 nitrogen and oxygen atoms in total. The molecule has 0 heterocycles. The molecule has 0 fully saturated rings. The molecule has 102 valence electrons. The minimum atomic E-state index is -1.10. The zero-order chi connectivity index (χ0) is 14.4. The molecule has 0 bridgehead atoms. The summed E-state index contributed by atoms with van der Waals surface area (Å²) in [6, 6.07) is 15.7. The van der Waals surface area contributed by atoms with E-state index in [-0.39, 0.29) is 5.56 Å². The molecule has 0 aliphatic heterocycles. The minimum absolute atomic E-state index is 0.289. The molecule has 2 N–H and O–H groups in total. The van der Waals surface area contributed by atoms with E-state index >= 15 is 0 Å². The van der Waals surface area contributed by atoms with Gasteiger partial charge in [0.2, 0.25) is 0 Å². The summed E-state index contributed by atoms with van der Waals surface area (Å²) in [6.07, 6.45) is 0. The fourth-order valence-electron chi connectivity index (χ4n) is 1.61. The molecule has 2 aromatic rings. The van der Waals surface area contributed by atoms with Gasteiger partial charge in [-0.2, -0.15) is 0 Å². The van der Waals surface area contributed by atoms with Gasteiger partial charge in [0.25, 0.3) is 5.91 Å². The SMILES string of the molecule is O=C(O)CNC(=O)c1ccccc1Oc1ccccc1. The summed E-state index contributed by atoms with van der Waals surface area (Å²) in [6.45, 7) is -0.432. The Kier molecular flexibility index (Phi) is 4.34. The Morgan fingerprint density at radius 2 is 1.65 bits per heavy atom. The van der Waals surface area contributed by atoms with Crippen molar-refractivity contribution in [1.29, 1.82) is 0 Å². The first kappa shape index (κ1) is 13.6. The molecule has 1 amide bonds. The van der Waals surface area contributed by atoms with Crippen molar-refractivity contribution in [3.63, 3.8) is 0 Å². The van der Waals surface area contributed by atoms with Crippen LogP contribution in [0.25, 0.3) is 0 Å². The third-order valence-corrected chi connectivity index (χ3v) is 2.50. The summed E-state index contributed by atoms with van der Waals surface area (Å²) in [5.41, 5.74) is 0.289. The fourth-order valence-corrected chi connectivity index (χ4v) is 1.61. The van der Waals surface area contributed by atoms with Crippen LogP contribution in [0.3, 0.4) is 0 Å². The number of hydrogen-bond donors (Lipinski definition) is 2. The van der Waals surface area contributed by atoms with E-state index in [2.05, 4.69) is 5.32 Å². The van der Waals surface area contributed by atoms with E-state index in [0.717, 1.165) is 0 Å². The van der Waals surface area contributed by atoms with Crippen LogP contribution in [0.5, 0.6) is 11.5 Å². The zero-order valence-corrected chi connectivity index (χ0v) is 10.6. The first-order chi connectivity index (χ1) is 9.66. The lowest BCUT2D eigenvalue weighted by Crippen LogP contribution is -2.29. The summed E-state index contributed by atoms with van der Waals surface area (Å²) in [5, 5.41) is 10.9. The Labute approximate surface area is 115 Å². The molecule has 0 unspecified atom stereocenters. The Morgan fingerprint density at radius 1 is 1.00 bits per heavy atom. The molecular weight excluding hydrogens is 258 g/mol. The van der Waals surface area contributed by atoms with Crippen molar-refractivity contribution in [2.75, 3.05) is 6.54 Å². The van der Waals surface area contributed by atoms with Gasteiger partial charge in [0.1, 0.15) is 18.0 Å². The second-order valence-electron chi connectivity index (χ2n) is 3.99. The predicted molar refractivity (Wildman–Crippen MR) is 72.9 cm³/mol. The highest BCUT2D eigenvalue weighted by Crippen LogP contribution is 2.24. The van der Waals surface area contributed by atoms with Gasteiger partial charge in [-0.25, -0.2) is 0 Å². The average Bonchev–Trinajstić information content (AvgIpc) is 2.46. The summed E-state index contributed by atoms with van der Waals surface area (Å²) >= 11 is 0. The van der Waals surface area contributed by atoms with Crippen molar-refractivity contribution in [3.05, 3.63) is 60.2 Å². The predicted octanol–water partition coefficient (Wildman–Crippen LogP) is 2.29. The van der Waals surface area contributed by atoms with Crippen molar-refractivity contribution in [3.8, 4) is 11.5 Å². The van der Waals surface area contributed by atoms with Gasteiger partial charge in [-0.15, -0.1) is 0 Å². The number of aliphatic carboxylic acids is 1. The lowest BCUT2D eigenvalue weighted by atomic mass is 10.2. The van der Waals surface area contributed by atoms with Gasteiger partial charge >= 0.3 is 5.97 Å². The number of carbonyl (C=O) groups is 2. The maximum Gasteiger partial charge on any atom is 0.322 e. The number of amides is 1. The highest BCUT2D eigenvalue weighted by atomic mass is 16.5. The van der Waals surface area contributed by atoms with E-state index < -0.39 is 18.4 Å². The van der Waals surface area contributed by atoms with Gasteiger partial charge in [-0.3, -0.25) is 9.59 Å². The number of carbonyl (C=O) groups excluding carboxylic acids is 1. The molecule has 0 atom stereocenters. The third kappa shape index (κ3) is 3.58. The van der Waals surface area contributed by atoms with Crippen LogP contribution in [0, 0.1) is 0 Å². The van der Waals surface area contributed by atoms with Crippen molar-refractivity contribution in [2.24, 2.45) is 0 Å². The van der Waals surface area contributed by atoms with Gasteiger partial charge in [-0.1, -0.05) is 30.3 Å².